The van der Waals surface area contributed by atoms with Crippen LogP contribution in [-0.4, -0.2) is 17.4 Å². The first kappa shape index (κ1) is 20.4. The van der Waals surface area contributed by atoms with Gasteiger partial charge in [0, 0.05) is 6.42 Å². The lowest BCUT2D eigenvalue weighted by molar-refractivity contribution is -0.173. The molecule has 136 valence electrons. The topological polar surface area (TPSA) is 51.4 Å². The molecule has 23 heavy (non-hydrogen) atoms. The van der Waals surface area contributed by atoms with Crippen molar-refractivity contribution in [3.05, 3.63) is 0 Å². The maximum Gasteiger partial charge on any atom is 0.317 e. The molecule has 1 aliphatic rings. The van der Waals surface area contributed by atoms with E-state index in [4.69, 9.17) is 14.5 Å². The van der Waals surface area contributed by atoms with Crippen LogP contribution in [0.15, 0.2) is 0 Å². The molecule has 0 N–H and O–H groups in total. The quantitative estimate of drug-likeness (QED) is 0.289. The van der Waals surface area contributed by atoms with Crippen LogP contribution in [0.3, 0.4) is 0 Å². The van der Waals surface area contributed by atoms with Gasteiger partial charge in [-0.15, -0.1) is 0 Å². The Morgan fingerprint density at radius 2 is 1.70 bits per heavy atom. The second kappa shape index (κ2) is 7.98. The van der Waals surface area contributed by atoms with Gasteiger partial charge in [0.15, 0.2) is 0 Å². The molecule has 0 amide bonds. The molecule has 1 fully saturated rings. The van der Waals surface area contributed by atoms with Gasteiger partial charge in [0.05, 0.1) is 0 Å². The van der Waals surface area contributed by atoms with E-state index in [1.54, 1.807) is 0 Å². The molecule has 1 unspecified atom stereocenters. The van der Waals surface area contributed by atoms with Crippen LogP contribution in [0.5, 0.6) is 0 Å². The van der Waals surface area contributed by atoms with Gasteiger partial charge in [0.2, 0.25) is 5.79 Å². The van der Waals surface area contributed by atoms with E-state index in [2.05, 4.69) is 20.8 Å². The Bertz CT molecular complexity index is 383. The summed E-state index contributed by atoms with van der Waals surface area (Å²) < 4.78 is 5.77. The Kier molecular flexibility index (Phi) is 7.09. The molecule has 0 spiro atoms. The normalized spacial score (nSPS) is 18.6. The summed E-state index contributed by atoms with van der Waals surface area (Å²) in [6, 6.07) is 0. The fraction of sp³-hybridized carbons (Fsp3) is 0.947. The summed E-state index contributed by atoms with van der Waals surface area (Å²) in [6.07, 6.45) is 7.17. The lowest BCUT2D eigenvalue weighted by Gasteiger charge is -2.33. The molecule has 4 nitrogen and oxygen atoms in total. The third-order valence-electron chi connectivity index (χ3n) is 5.07. The number of carbonyl (C=O) groups is 1. The fourth-order valence-corrected chi connectivity index (χ4v) is 3.09. The molecule has 1 atom stereocenters. The van der Waals surface area contributed by atoms with Crippen molar-refractivity contribution in [2.24, 2.45) is 11.3 Å². The molecular weight excluding hydrogens is 292 g/mol. The van der Waals surface area contributed by atoms with Crippen molar-refractivity contribution in [2.45, 2.75) is 105 Å². The molecule has 0 aromatic rings. The number of hydrogen-bond acceptors (Lipinski definition) is 4. The Hall–Kier alpha value is -0.610. The van der Waals surface area contributed by atoms with Crippen molar-refractivity contribution in [3.8, 4) is 0 Å². The second-order valence-corrected chi connectivity index (χ2v) is 8.06. The molecule has 0 aliphatic carbocycles. The number of ether oxygens (including phenoxy) is 1. The van der Waals surface area contributed by atoms with Gasteiger partial charge in [-0.1, -0.05) is 52.9 Å². The second-order valence-electron chi connectivity index (χ2n) is 8.06. The van der Waals surface area contributed by atoms with Gasteiger partial charge in [-0.3, -0.25) is 4.79 Å². The molecule has 0 radical (unpaired) electrons. The van der Waals surface area contributed by atoms with Crippen LogP contribution < -0.4 is 0 Å². The van der Waals surface area contributed by atoms with Crippen molar-refractivity contribution >= 4 is 5.97 Å². The van der Waals surface area contributed by atoms with Gasteiger partial charge in [-0.2, -0.15) is 9.78 Å². The van der Waals surface area contributed by atoms with E-state index in [0.29, 0.717) is 5.92 Å². The summed E-state index contributed by atoms with van der Waals surface area (Å²) in [6.45, 7) is 14.1. The van der Waals surface area contributed by atoms with Gasteiger partial charge in [0.25, 0.3) is 0 Å². The summed E-state index contributed by atoms with van der Waals surface area (Å²) in [5, 5.41) is 0. The molecule has 1 rings (SSSR count). The zero-order chi connectivity index (χ0) is 17.7. The molecule has 0 saturated carbocycles. The van der Waals surface area contributed by atoms with Gasteiger partial charge < -0.3 is 4.74 Å². The highest BCUT2D eigenvalue weighted by Gasteiger charge is 2.65. The standard InChI is InChI=1S/C19H36O4/c1-8-11-12-15(10-3)14-19(22-23-19)18(6,7)16(20)21-17(4,5)13-9-2/h15H,8-14H2,1-7H3. The number of esters is 1. The highest BCUT2D eigenvalue weighted by Crippen LogP contribution is 2.52. The van der Waals surface area contributed by atoms with Crippen LogP contribution in [0.2, 0.25) is 0 Å². The smallest absolute Gasteiger partial charge is 0.317 e. The summed E-state index contributed by atoms with van der Waals surface area (Å²) >= 11 is 0. The minimum atomic E-state index is -0.819. The zero-order valence-corrected chi connectivity index (χ0v) is 16.2. The predicted molar refractivity (Wildman–Crippen MR) is 91.7 cm³/mol. The number of hydrogen-bond donors (Lipinski definition) is 0. The highest BCUT2D eigenvalue weighted by molar-refractivity contribution is 5.78. The lowest BCUT2D eigenvalue weighted by atomic mass is 9.77. The van der Waals surface area contributed by atoms with Crippen LogP contribution in [0.1, 0.15) is 93.4 Å². The first-order chi connectivity index (χ1) is 10.6. The SMILES string of the molecule is CCCCC(CC)CC1(C(C)(C)C(=O)OC(C)(C)CCC)OO1. The first-order valence-corrected chi connectivity index (χ1v) is 9.24. The van der Waals surface area contributed by atoms with Crippen LogP contribution in [0.4, 0.5) is 0 Å². The molecule has 0 aromatic carbocycles. The Morgan fingerprint density at radius 1 is 1.09 bits per heavy atom. The van der Waals surface area contributed by atoms with Gasteiger partial charge in [0.1, 0.15) is 11.0 Å². The summed E-state index contributed by atoms with van der Waals surface area (Å²) in [5.74, 6) is -0.548. The van der Waals surface area contributed by atoms with Crippen molar-refractivity contribution in [1.29, 1.82) is 0 Å². The Balaban J connectivity index is 2.75. The molecule has 0 bridgehead atoms. The number of carbonyl (C=O) groups excluding carboxylic acids is 1. The molecular formula is C19H36O4. The zero-order valence-electron chi connectivity index (χ0n) is 16.2. The van der Waals surface area contributed by atoms with Crippen LogP contribution in [-0.2, 0) is 19.3 Å². The van der Waals surface area contributed by atoms with Crippen molar-refractivity contribution in [3.63, 3.8) is 0 Å². The Morgan fingerprint density at radius 3 is 2.13 bits per heavy atom. The van der Waals surface area contributed by atoms with Crippen molar-refractivity contribution < 1.29 is 19.3 Å². The highest BCUT2D eigenvalue weighted by atomic mass is 17.4. The Labute approximate surface area is 142 Å². The first-order valence-electron chi connectivity index (χ1n) is 9.24. The maximum absolute atomic E-state index is 12.7. The van der Waals surface area contributed by atoms with Crippen LogP contribution in [0, 0.1) is 11.3 Å². The molecule has 4 heteroatoms. The van der Waals surface area contributed by atoms with Gasteiger partial charge in [-0.05, 0) is 40.0 Å². The fourth-order valence-electron chi connectivity index (χ4n) is 3.09. The molecule has 1 heterocycles. The van der Waals surface area contributed by atoms with E-state index < -0.39 is 16.8 Å². The summed E-state index contributed by atoms with van der Waals surface area (Å²) in [4.78, 5) is 23.5. The maximum atomic E-state index is 12.7. The van der Waals surface area contributed by atoms with E-state index in [1.807, 2.05) is 27.7 Å². The van der Waals surface area contributed by atoms with E-state index in [-0.39, 0.29) is 5.97 Å². The molecule has 0 aromatic heterocycles. The van der Waals surface area contributed by atoms with Crippen LogP contribution in [0.25, 0.3) is 0 Å². The minimum absolute atomic E-state index is 0.237. The molecule has 1 aliphatic heterocycles. The predicted octanol–water partition coefficient (Wildman–Crippen LogP) is 5.40. The minimum Gasteiger partial charge on any atom is -0.459 e. The van der Waals surface area contributed by atoms with Crippen molar-refractivity contribution in [1.82, 2.24) is 0 Å². The van der Waals surface area contributed by atoms with E-state index >= 15 is 0 Å². The van der Waals surface area contributed by atoms with Gasteiger partial charge in [-0.25, -0.2) is 0 Å². The van der Waals surface area contributed by atoms with E-state index in [1.165, 1.54) is 12.8 Å². The average molecular weight is 328 g/mol. The van der Waals surface area contributed by atoms with E-state index in [9.17, 15) is 4.79 Å². The largest absolute Gasteiger partial charge is 0.459 e. The average Bonchev–Trinajstić information content (AvgIpc) is 3.24. The summed E-state index contributed by atoms with van der Waals surface area (Å²) in [7, 11) is 0. The molecule has 1 saturated heterocycles. The third kappa shape index (κ3) is 5.18. The lowest BCUT2D eigenvalue weighted by Crippen LogP contribution is -2.45. The number of rotatable bonds is 11. The monoisotopic (exact) mass is 328 g/mol. The van der Waals surface area contributed by atoms with Crippen molar-refractivity contribution in [2.75, 3.05) is 0 Å². The number of unbranched alkanes of at least 4 members (excludes halogenated alkanes) is 1. The van der Waals surface area contributed by atoms with Gasteiger partial charge >= 0.3 is 5.97 Å². The van der Waals surface area contributed by atoms with Crippen LogP contribution >= 0.6 is 0 Å². The third-order valence-corrected chi connectivity index (χ3v) is 5.07. The van der Waals surface area contributed by atoms with E-state index in [0.717, 1.165) is 32.1 Å². The summed E-state index contributed by atoms with van der Waals surface area (Å²) in [5.41, 5.74) is -1.26.